The molecule has 0 fully saturated rings. The highest BCUT2D eigenvalue weighted by atomic mass is 35.5. The number of esters is 3. The minimum absolute atomic E-state index is 0.000585. The van der Waals surface area contributed by atoms with Crippen LogP contribution in [0.3, 0.4) is 0 Å². The number of ether oxygens (including phenoxy) is 3. The van der Waals surface area contributed by atoms with Crippen LogP contribution in [0.15, 0.2) is 96.6 Å². The van der Waals surface area contributed by atoms with Crippen molar-refractivity contribution < 1.29 is 28.6 Å². The number of nitrogens with zero attached hydrogens (tertiary/aromatic N) is 2. The van der Waals surface area contributed by atoms with Gasteiger partial charge in [-0.15, -0.1) is 0 Å². The Kier molecular flexibility index (Phi) is 12.0. The third-order valence-corrected chi connectivity index (χ3v) is 7.59. The first-order valence-corrected chi connectivity index (χ1v) is 15.4. The first kappa shape index (κ1) is 34.2. The Morgan fingerprint density at radius 2 is 1.13 bits per heavy atom. The molecule has 4 aromatic rings. The fourth-order valence-electron chi connectivity index (χ4n) is 4.55. The summed E-state index contributed by atoms with van der Waals surface area (Å²) >= 11 is 6.33. The van der Waals surface area contributed by atoms with Gasteiger partial charge >= 0.3 is 17.9 Å². The van der Waals surface area contributed by atoms with Crippen molar-refractivity contribution in [2.24, 2.45) is 0 Å². The van der Waals surface area contributed by atoms with E-state index in [-0.39, 0.29) is 39.0 Å². The SMILES string of the molecule is CCCCCCc1ccc(C(=O)Oc2ccc(C(=O)Oc3ccc(C(=O)Oc4ccc(C(C)=C(C#N)C#N)cc4)cc3)c(Cl)c2)cc1. The summed E-state index contributed by atoms with van der Waals surface area (Å²) in [6.45, 7) is 3.84. The van der Waals surface area contributed by atoms with Gasteiger partial charge in [0.25, 0.3) is 0 Å². The predicted molar refractivity (Wildman–Crippen MR) is 177 cm³/mol. The quantitative estimate of drug-likeness (QED) is 0.0646. The number of rotatable bonds is 12. The van der Waals surface area contributed by atoms with E-state index in [0.717, 1.165) is 12.8 Å². The number of carbonyl (C=O) groups excluding carboxylic acids is 3. The van der Waals surface area contributed by atoms with Gasteiger partial charge in [-0.3, -0.25) is 0 Å². The maximum Gasteiger partial charge on any atom is 0.345 e. The summed E-state index contributed by atoms with van der Waals surface area (Å²) in [5.74, 6) is -1.29. The molecule has 4 aromatic carbocycles. The van der Waals surface area contributed by atoms with Crippen molar-refractivity contribution in [2.45, 2.75) is 46.0 Å². The molecular formula is C38H31ClN2O6. The topological polar surface area (TPSA) is 126 Å². The Bertz CT molecular complexity index is 1850. The average Bonchev–Trinajstić information content (AvgIpc) is 3.08. The van der Waals surface area contributed by atoms with E-state index in [4.69, 9.17) is 36.3 Å². The van der Waals surface area contributed by atoms with E-state index in [1.54, 1.807) is 43.3 Å². The highest BCUT2D eigenvalue weighted by molar-refractivity contribution is 6.33. The number of aryl methyl sites for hydroxylation is 1. The van der Waals surface area contributed by atoms with Crippen LogP contribution in [0.5, 0.6) is 17.2 Å². The van der Waals surface area contributed by atoms with Crippen molar-refractivity contribution >= 4 is 35.1 Å². The van der Waals surface area contributed by atoms with Gasteiger partial charge in [0.1, 0.15) is 35.0 Å². The van der Waals surface area contributed by atoms with Crippen LogP contribution < -0.4 is 14.2 Å². The van der Waals surface area contributed by atoms with Crippen LogP contribution in [0.4, 0.5) is 0 Å². The van der Waals surface area contributed by atoms with Gasteiger partial charge in [0.15, 0.2) is 0 Å². The number of halogens is 1. The maximum atomic E-state index is 12.8. The third kappa shape index (κ3) is 9.40. The Hall–Kier alpha value is -5.70. The van der Waals surface area contributed by atoms with E-state index in [2.05, 4.69) is 6.92 Å². The van der Waals surface area contributed by atoms with Crippen LogP contribution in [0.1, 0.15) is 81.7 Å². The summed E-state index contributed by atoms with van der Waals surface area (Å²) in [7, 11) is 0. The summed E-state index contributed by atoms with van der Waals surface area (Å²) in [6, 6.07) is 27.4. The first-order chi connectivity index (χ1) is 22.7. The van der Waals surface area contributed by atoms with Crippen LogP contribution in [0, 0.1) is 22.7 Å². The highest BCUT2D eigenvalue weighted by Gasteiger charge is 2.17. The molecule has 0 amide bonds. The minimum atomic E-state index is -0.738. The number of benzene rings is 4. The van der Waals surface area contributed by atoms with Crippen molar-refractivity contribution in [2.75, 3.05) is 0 Å². The van der Waals surface area contributed by atoms with E-state index >= 15 is 0 Å². The lowest BCUT2D eigenvalue weighted by Crippen LogP contribution is -2.11. The second-order valence-electron chi connectivity index (χ2n) is 10.6. The lowest BCUT2D eigenvalue weighted by atomic mass is 10.0. The van der Waals surface area contributed by atoms with Crippen molar-refractivity contribution in [3.05, 3.63) is 129 Å². The second kappa shape index (κ2) is 16.6. The van der Waals surface area contributed by atoms with E-state index in [9.17, 15) is 14.4 Å². The smallest absolute Gasteiger partial charge is 0.345 e. The molecule has 0 spiro atoms. The normalized spacial score (nSPS) is 10.2. The second-order valence-corrected chi connectivity index (χ2v) is 11.0. The Labute approximate surface area is 278 Å². The number of nitriles is 2. The molecule has 0 aliphatic heterocycles. The Balaban J connectivity index is 1.31. The molecule has 0 aliphatic rings. The zero-order valence-corrected chi connectivity index (χ0v) is 26.7. The Morgan fingerprint density at radius 3 is 1.66 bits per heavy atom. The fraction of sp³-hybridized carbons (Fsp3) is 0.184. The average molecular weight is 647 g/mol. The van der Waals surface area contributed by atoms with Gasteiger partial charge in [-0.2, -0.15) is 10.5 Å². The number of carbonyl (C=O) groups is 3. The maximum absolute atomic E-state index is 12.8. The molecule has 0 radical (unpaired) electrons. The monoisotopic (exact) mass is 646 g/mol. The molecule has 8 nitrogen and oxygen atoms in total. The van der Waals surface area contributed by atoms with Crippen LogP contribution in [0.25, 0.3) is 5.57 Å². The number of unbranched alkanes of at least 4 members (excludes halogenated alkanes) is 3. The highest BCUT2D eigenvalue weighted by Crippen LogP contribution is 2.26. The third-order valence-electron chi connectivity index (χ3n) is 7.28. The zero-order chi connectivity index (χ0) is 33.8. The largest absolute Gasteiger partial charge is 0.423 e. The van der Waals surface area contributed by atoms with Crippen LogP contribution in [0.2, 0.25) is 5.02 Å². The molecule has 0 heterocycles. The van der Waals surface area contributed by atoms with E-state index in [1.807, 2.05) is 24.3 Å². The summed E-state index contributed by atoms with van der Waals surface area (Å²) in [5, 5.41) is 18.1. The lowest BCUT2D eigenvalue weighted by molar-refractivity contribution is 0.0725. The number of allylic oxidation sites excluding steroid dienone is 2. The molecule has 0 aliphatic carbocycles. The van der Waals surface area contributed by atoms with Gasteiger partial charge in [0, 0.05) is 6.07 Å². The van der Waals surface area contributed by atoms with Crippen LogP contribution in [-0.2, 0) is 6.42 Å². The molecule has 4 rings (SSSR count). The molecule has 9 heteroatoms. The molecule has 0 N–H and O–H groups in total. The van der Waals surface area contributed by atoms with Gasteiger partial charge in [-0.1, -0.05) is 62.1 Å². The van der Waals surface area contributed by atoms with Gasteiger partial charge in [0.05, 0.1) is 21.7 Å². The van der Waals surface area contributed by atoms with Crippen molar-refractivity contribution in [3.8, 4) is 29.4 Å². The summed E-state index contributed by atoms with van der Waals surface area (Å²) in [5.41, 5.74) is 3.02. The summed E-state index contributed by atoms with van der Waals surface area (Å²) in [6.07, 6.45) is 5.65. The Morgan fingerprint density at radius 1 is 0.638 bits per heavy atom. The minimum Gasteiger partial charge on any atom is -0.423 e. The van der Waals surface area contributed by atoms with Gasteiger partial charge in [-0.25, -0.2) is 14.4 Å². The molecule has 0 atom stereocenters. The van der Waals surface area contributed by atoms with Crippen molar-refractivity contribution in [1.82, 2.24) is 0 Å². The molecule has 0 aromatic heterocycles. The molecular weight excluding hydrogens is 616 g/mol. The molecule has 0 unspecified atom stereocenters. The number of hydrogen-bond donors (Lipinski definition) is 0. The summed E-state index contributed by atoms with van der Waals surface area (Å²) < 4.78 is 16.3. The van der Waals surface area contributed by atoms with Crippen LogP contribution >= 0.6 is 11.6 Å². The predicted octanol–water partition coefficient (Wildman–Crippen LogP) is 8.94. The van der Waals surface area contributed by atoms with E-state index in [0.29, 0.717) is 16.7 Å². The van der Waals surface area contributed by atoms with E-state index < -0.39 is 17.9 Å². The molecule has 0 saturated carbocycles. The molecule has 236 valence electrons. The molecule has 0 bridgehead atoms. The van der Waals surface area contributed by atoms with Gasteiger partial charge < -0.3 is 14.2 Å². The summed E-state index contributed by atoms with van der Waals surface area (Å²) in [4.78, 5) is 38.1. The number of hydrogen-bond acceptors (Lipinski definition) is 8. The van der Waals surface area contributed by atoms with Crippen molar-refractivity contribution in [3.63, 3.8) is 0 Å². The first-order valence-electron chi connectivity index (χ1n) is 15.0. The van der Waals surface area contributed by atoms with Gasteiger partial charge in [0.2, 0.25) is 0 Å². The van der Waals surface area contributed by atoms with Gasteiger partial charge in [-0.05, 0) is 97.1 Å². The zero-order valence-electron chi connectivity index (χ0n) is 25.9. The van der Waals surface area contributed by atoms with E-state index in [1.165, 1.54) is 67.3 Å². The molecule has 47 heavy (non-hydrogen) atoms. The van der Waals surface area contributed by atoms with Crippen LogP contribution in [-0.4, -0.2) is 17.9 Å². The van der Waals surface area contributed by atoms with Crippen molar-refractivity contribution in [1.29, 1.82) is 10.5 Å². The lowest BCUT2D eigenvalue weighted by Gasteiger charge is -2.10. The fourth-order valence-corrected chi connectivity index (χ4v) is 4.80. The molecule has 0 saturated heterocycles. The standard InChI is InChI=1S/C38H31ClN2O6/c1-3-4-5-6-7-26-8-10-28(11-9-26)37(43)47-33-20-21-34(35(39)22-33)38(44)46-32-18-14-29(15-19-32)36(42)45-31-16-12-27(13-17-31)25(2)30(23-40)24-41/h8-22H,3-7H2,1-2H3.